The molecule has 0 aliphatic rings. The molecule has 0 saturated heterocycles. The standard InChI is InChI=1S/C13H14O/c1-5-10-6-8-11(9-7-10)12(14)13(2,3)4/h1,6-9H,2-4H3. The molecule has 0 aliphatic carbocycles. The third-order valence-electron chi connectivity index (χ3n) is 1.99. The van der Waals surface area contributed by atoms with Crippen LogP contribution in [-0.4, -0.2) is 5.78 Å². The lowest BCUT2D eigenvalue weighted by molar-refractivity contribution is 0.0858. The molecule has 1 heteroatoms. The summed E-state index contributed by atoms with van der Waals surface area (Å²) in [6, 6.07) is 7.14. The molecule has 72 valence electrons. The SMILES string of the molecule is C#Cc1ccc(C(=O)C(C)(C)C)cc1. The molecule has 0 aromatic heterocycles. The Balaban J connectivity index is 3.00. The summed E-state index contributed by atoms with van der Waals surface area (Å²) in [7, 11) is 0. The van der Waals surface area contributed by atoms with Crippen LogP contribution in [0.3, 0.4) is 0 Å². The van der Waals surface area contributed by atoms with E-state index in [1.807, 2.05) is 20.8 Å². The Labute approximate surface area is 85.1 Å². The molecule has 0 atom stereocenters. The average Bonchev–Trinajstić information content (AvgIpc) is 2.15. The molecule has 1 rings (SSSR count). The summed E-state index contributed by atoms with van der Waals surface area (Å²) < 4.78 is 0. The molecule has 0 radical (unpaired) electrons. The summed E-state index contributed by atoms with van der Waals surface area (Å²) in [6.07, 6.45) is 5.23. The first-order valence-corrected chi connectivity index (χ1v) is 4.56. The zero-order valence-electron chi connectivity index (χ0n) is 8.79. The van der Waals surface area contributed by atoms with E-state index in [0.29, 0.717) is 0 Å². The van der Waals surface area contributed by atoms with Gasteiger partial charge in [0.25, 0.3) is 0 Å². The van der Waals surface area contributed by atoms with E-state index in [9.17, 15) is 4.79 Å². The largest absolute Gasteiger partial charge is 0.294 e. The quantitative estimate of drug-likeness (QED) is 0.487. The topological polar surface area (TPSA) is 17.1 Å². The maximum absolute atomic E-state index is 11.8. The van der Waals surface area contributed by atoms with Crippen LogP contribution in [0.2, 0.25) is 0 Å². The number of hydrogen-bond acceptors (Lipinski definition) is 1. The Kier molecular flexibility index (Phi) is 2.76. The zero-order chi connectivity index (χ0) is 10.8. The van der Waals surface area contributed by atoms with Gasteiger partial charge >= 0.3 is 0 Å². The highest BCUT2D eigenvalue weighted by Gasteiger charge is 2.22. The number of carbonyl (C=O) groups is 1. The van der Waals surface area contributed by atoms with E-state index in [1.165, 1.54) is 0 Å². The number of terminal acetylenes is 1. The van der Waals surface area contributed by atoms with Crippen molar-refractivity contribution in [3.8, 4) is 12.3 Å². The Hall–Kier alpha value is -1.55. The van der Waals surface area contributed by atoms with Crippen molar-refractivity contribution in [1.82, 2.24) is 0 Å². The van der Waals surface area contributed by atoms with E-state index in [-0.39, 0.29) is 11.2 Å². The number of benzene rings is 1. The van der Waals surface area contributed by atoms with Crippen molar-refractivity contribution in [2.24, 2.45) is 5.41 Å². The van der Waals surface area contributed by atoms with Crippen LogP contribution in [0.1, 0.15) is 36.7 Å². The van der Waals surface area contributed by atoms with Crippen LogP contribution in [0, 0.1) is 17.8 Å². The van der Waals surface area contributed by atoms with Crippen molar-refractivity contribution in [2.45, 2.75) is 20.8 Å². The molecule has 1 nitrogen and oxygen atoms in total. The normalized spacial score (nSPS) is 10.7. The Morgan fingerprint density at radius 2 is 1.71 bits per heavy atom. The number of ketones is 1. The molecule has 1 aromatic rings. The van der Waals surface area contributed by atoms with Gasteiger partial charge in [0.1, 0.15) is 0 Å². The molecule has 0 amide bonds. The van der Waals surface area contributed by atoms with Crippen molar-refractivity contribution >= 4 is 5.78 Å². The van der Waals surface area contributed by atoms with Gasteiger partial charge in [0, 0.05) is 16.5 Å². The minimum Gasteiger partial charge on any atom is -0.294 e. The summed E-state index contributed by atoms with van der Waals surface area (Å²) in [5.41, 5.74) is 1.18. The summed E-state index contributed by atoms with van der Waals surface area (Å²) in [5.74, 6) is 2.66. The number of carbonyl (C=O) groups excluding carboxylic acids is 1. The van der Waals surface area contributed by atoms with Gasteiger partial charge < -0.3 is 0 Å². The molecule has 0 aliphatic heterocycles. The monoisotopic (exact) mass is 186 g/mol. The summed E-state index contributed by atoms with van der Waals surface area (Å²) in [4.78, 5) is 11.8. The molecule has 14 heavy (non-hydrogen) atoms. The Morgan fingerprint density at radius 1 is 1.21 bits per heavy atom. The fourth-order valence-electron chi connectivity index (χ4n) is 1.15. The molecular weight excluding hydrogens is 172 g/mol. The second kappa shape index (κ2) is 3.67. The van der Waals surface area contributed by atoms with Crippen molar-refractivity contribution in [3.05, 3.63) is 35.4 Å². The van der Waals surface area contributed by atoms with Crippen molar-refractivity contribution < 1.29 is 4.79 Å². The molecule has 0 heterocycles. The Bertz CT molecular complexity index is 371. The fraction of sp³-hybridized carbons (Fsp3) is 0.308. The second-order valence-electron chi connectivity index (χ2n) is 4.30. The highest BCUT2D eigenvalue weighted by atomic mass is 16.1. The van der Waals surface area contributed by atoms with E-state index < -0.39 is 0 Å². The highest BCUT2D eigenvalue weighted by Crippen LogP contribution is 2.20. The van der Waals surface area contributed by atoms with Crippen molar-refractivity contribution in [1.29, 1.82) is 0 Å². The van der Waals surface area contributed by atoms with Gasteiger partial charge in [0.05, 0.1) is 0 Å². The lowest BCUT2D eigenvalue weighted by Crippen LogP contribution is -2.19. The van der Waals surface area contributed by atoms with E-state index >= 15 is 0 Å². The third-order valence-corrected chi connectivity index (χ3v) is 1.99. The highest BCUT2D eigenvalue weighted by molar-refractivity contribution is 5.99. The maximum atomic E-state index is 11.8. The first kappa shape index (κ1) is 10.5. The molecule has 0 saturated carbocycles. The van der Waals surface area contributed by atoms with Crippen LogP contribution in [-0.2, 0) is 0 Å². The molecule has 0 unspecified atom stereocenters. The maximum Gasteiger partial charge on any atom is 0.168 e. The van der Waals surface area contributed by atoms with Crippen LogP contribution in [0.5, 0.6) is 0 Å². The van der Waals surface area contributed by atoms with E-state index in [4.69, 9.17) is 6.42 Å². The third kappa shape index (κ3) is 2.23. The van der Waals surface area contributed by atoms with Gasteiger partial charge in [0.15, 0.2) is 5.78 Å². The first-order chi connectivity index (χ1) is 6.45. The second-order valence-corrected chi connectivity index (χ2v) is 4.30. The smallest absolute Gasteiger partial charge is 0.168 e. The molecule has 0 spiro atoms. The fourth-order valence-corrected chi connectivity index (χ4v) is 1.15. The van der Waals surface area contributed by atoms with Gasteiger partial charge in [-0.3, -0.25) is 4.79 Å². The average molecular weight is 186 g/mol. The van der Waals surface area contributed by atoms with Crippen molar-refractivity contribution in [3.63, 3.8) is 0 Å². The van der Waals surface area contributed by atoms with E-state index in [1.54, 1.807) is 24.3 Å². The lowest BCUT2D eigenvalue weighted by atomic mass is 9.86. The lowest BCUT2D eigenvalue weighted by Gasteiger charge is -2.16. The van der Waals surface area contributed by atoms with Gasteiger partial charge in [-0.1, -0.05) is 38.8 Å². The molecule has 0 bridgehead atoms. The summed E-state index contributed by atoms with van der Waals surface area (Å²) in [6.45, 7) is 5.72. The van der Waals surface area contributed by atoms with Crippen LogP contribution in [0.4, 0.5) is 0 Å². The van der Waals surface area contributed by atoms with E-state index in [0.717, 1.165) is 11.1 Å². The van der Waals surface area contributed by atoms with Crippen LogP contribution < -0.4 is 0 Å². The minimum atomic E-state index is -0.336. The number of rotatable bonds is 1. The van der Waals surface area contributed by atoms with Gasteiger partial charge in [-0.05, 0) is 12.1 Å². The zero-order valence-corrected chi connectivity index (χ0v) is 8.79. The van der Waals surface area contributed by atoms with Gasteiger partial charge in [-0.15, -0.1) is 6.42 Å². The molecule has 1 aromatic carbocycles. The predicted octanol–water partition coefficient (Wildman–Crippen LogP) is 2.90. The first-order valence-electron chi connectivity index (χ1n) is 4.56. The summed E-state index contributed by atoms with van der Waals surface area (Å²) >= 11 is 0. The molecule has 0 N–H and O–H groups in total. The number of hydrogen-bond donors (Lipinski definition) is 0. The Morgan fingerprint density at radius 3 is 2.07 bits per heavy atom. The van der Waals surface area contributed by atoms with Crippen LogP contribution in [0.15, 0.2) is 24.3 Å². The minimum absolute atomic E-state index is 0.140. The van der Waals surface area contributed by atoms with Crippen LogP contribution in [0.25, 0.3) is 0 Å². The van der Waals surface area contributed by atoms with E-state index in [2.05, 4.69) is 5.92 Å². The van der Waals surface area contributed by atoms with Crippen LogP contribution >= 0.6 is 0 Å². The summed E-state index contributed by atoms with van der Waals surface area (Å²) in [5, 5.41) is 0. The van der Waals surface area contributed by atoms with Gasteiger partial charge in [-0.25, -0.2) is 0 Å². The number of Topliss-reactive ketones (excluding diaryl/α,β-unsaturated/α-hetero) is 1. The predicted molar refractivity (Wildman–Crippen MR) is 58.2 cm³/mol. The molecule has 0 fully saturated rings. The van der Waals surface area contributed by atoms with Gasteiger partial charge in [0.2, 0.25) is 0 Å². The molecular formula is C13H14O. The van der Waals surface area contributed by atoms with Gasteiger partial charge in [-0.2, -0.15) is 0 Å². The van der Waals surface area contributed by atoms with Crippen molar-refractivity contribution in [2.75, 3.05) is 0 Å².